The Bertz CT molecular complexity index is 696. The summed E-state index contributed by atoms with van der Waals surface area (Å²) in [6, 6.07) is 15.6. The number of nitrogens with two attached hydrogens (primary N) is 1. The molecule has 4 heteroatoms. The van der Waals surface area contributed by atoms with E-state index in [9.17, 15) is 5.11 Å². The predicted molar refractivity (Wildman–Crippen MR) is 82.8 cm³/mol. The van der Waals surface area contributed by atoms with Crippen molar-refractivity contribution < 1.29 is 19.3 Å². The maximum atomic E-state index is 9.53. The maximum Gasteiger partial charge on any atom is 0.158 e. The zero-order chi connectivity index (χ0) is 15.4. The van der Waals surface area contributed by atoms with Crippen LogP contribution >= 0.6 is 0 Å². The molecule has 0 aliphatic rings. The Morgan fingerprint density at radius 2 is 1.77 bits per heavy atom. The minimum absolute atomic E-state index is 0.447. The van der Waals surface area contributed by atoms with E-state index >= 15 is 0 Å². The highest BCUT2D eigenvalue weighted by molar-refractivity contribution is 5.58. The third-order valence-corrected chi connectivity index (χ3v) is 3.61. The lowest BCUT2D eigenvalue weighted by atomic mass is 10.1. The first-order valence-corrected chi connectivity index (χ1v) is 7.43. The predicted octanol–water partition coefficient (Wildman–Crippen LogP) is 2.86. The van der Waals surface area contributed by atoms with Gasteiger partial charge in [-0.2, -0.15) is 0 Å². The molecule has 0 amide bonds. The van der Waals surface area contributed by atoms with Gasteiger partial charge in [-0.15, -0.1) is 0 Å². The van der Waals surface area contributed by atoms with E-state index in [-0.39, 0.29) is 0 Å². The molecular formula is C18H20NO3+. The van der Waals surface area contributed by atoms with Crippen molar-refractivity contribution in [3.8, 4) is 11.3 Å². The van der Waals surface area contributed by atoms with Crippen LogP contribution in [0.4, 0.5) is 0 Å². The molecule has 0 saturated carbocycles. The molecule has 22 heavy (non-hydrogen) atoms. The number of aliphatic hydroxyl groups excluding tert-OH is 1. The van der Waals surface area contributed by atoms with Gasteiger partial charge < -0.3 is 19.3 Å². The van der Waals surface area contributed by atoms with Gasteiger partial charge in [0.1, 0.15) is 18.8 Å². The number of hydrogen-bond acceptors (Lipinski definition) is 3. The Kier molecular flexibility index (Phi) is 4.42. The summed E-state index contributed by atoms with van der Waals surface area (Å²) in [7, 11) is 0. The van der Waals surface area contributed by atoms with Crippen LogP contribution in [0.5, 0.6) is 0 Å². The average molecular weight is 298 g/mol. The van der Waals surface area contributed by atoms with Crippen LogP contribution in [0.1, 0.15) is 30.1 Å². The van der Waals surface area contributed by atoms with Gasteiger partial charge in [-0.3, -0.25) is 0 Å². The zero-order valence-corrected chi connectivity index (χ0v) is 12.5. The van der Waals surface area contributed by atoms with E-state index in [1.165, 1.54) is 0 Å². The van der Waals surface area contributed by atoms with E-state index < -0.39 is 6.10 Å². The summed E-state index contributed by atoms with van der Waals surface area (Å²) < 4.78 is 11.2. The second kappa shape index (κ2) is 6.64. The molecule has 3 N–H and O–H groups in total. The van der Waals surface area contributed by atoms with E-state index in [0.717, 1.165) is 41.5 Å². The quantitative estimate of drug-likeness (QED) is 0.735. The molecule has 0 bridgehead atoms. The smallest absolute Gasteiger partial charge is 0.158 e. The highest BCUT2D eigenvalue weighted by Crippen LogP contribution is 2.23. The molecule has 0 unspecified atom stereocenters. The Hall–Kier alpha value is -2.30. The summed E-state index contributed by atoms with van der Waals surface area (Å²) in [5.41, 5.74) is 1.92. The summed E-state index contributed by atoms with van der Waals surface area (Å²) in [5, 5.41) is 11.7. The largest absolute Gasteiger partial charge is 0.463 e. The zero-order valence-electron chi connectivity index (χ0n) is 12.5. The average Bonchev–Trinajstić information content (AvgIpc) is 3.19. The number of rotatable bonds is 6. The standard InChI is InChI=1S/C18H19NO3/c1-13(20)14-4-6-15(7-5-14)18-9-8-17(22-18)12-19-11-16-3-2-10-21-16/h2-10,13,19-20H,11-12H2,1H3/p+1/t13-/m0/s1. The molecule has 1 aromatic carbocycles. The second-order valence-corrected chi connectivity index (χ2v) is 5.34. The third kappa shape index (κ3) is 3.47. The highest BCUT2D eigenvalue weighted by atomic mass is 16.3. The topological polar surface area (TPSA) is 63.1 Å². The van der Waals surface area contributed by atoms with E-state index in [4.69, 9.17) is 8.83 Å². The van der Waals surface area contributed by atoms with Gasteiger partial charge in [-0.05, 0) is 36.8 Å². The highest BCUT2D eigenvalue weighted by Gasteiger charge is 2.08. The van der Waals surface area contributed by atoms with Crippen LogP contribution in [0, 0.1) is 0 Å². The van der Waals surface area contributed by atoms with Crippen molar-refractivity contribution in [2.45, 2.75) is 26.1 Å². The maximum absolute atomic E-state index is 9.53. The van der Waals surface area contributed by atoms with Gasteiger partial charge in [0.05, 0.1) is 12.4 Å². The van der Waals surface area contributed by atoms with Gasteiger partial charge >= 0.3 is 0 Å². The molecule has 2 heterocycles. The molecule has 2 aromatic heterocycles. The fraction of sp³-hybridized carbons (Fsp3) is 0.222. The van der Waals surface area contributed by atoms with Crippen molar-refractivity contribution in [1.29, 1.82) is 0 Å². The number of aliphatic hydroxyl groups is 1. The van der Waals surface area contributed by atoms with Crippen molar-refractivity contribution in [2.24, 2.45) is 0 Å². The Morgan fingerprint density at radius 1 is 1.00 bits per heavy atom. The van der Waals surface area contributed by atoms with Gasteiger partial charge in [0.15, 0.2) is 11.5 Å². The molecule has 0 fully saturated rings. The van der Waals surface area contributed by atoms with Crippen molar-refractivity contribution in [3.63, 3.8) is 0 Å². The van der Waals surface area contributed by atoms with Crippen molar-refractivity contribution in [3.05, 3.63) is 71.9 Å². The second-order valence-electron chi connectivity index (χ2n) is 5.34. The molecule has 0 aliphatic heterocycles. The summed E-state index contributed by atoms with van der Waals surface area (Å²) in [5.74, 6) is 2.74. The van der Waals surface area contributed by atoms with Gasteiger partial charge in [0, 0.05) is 5.56 Å². The molecule has 0 saturated heterocycles. The molecule has 3 rings (SSSR count). The van der Waals surface area contributed by atoms with Gasteiger partial charge in [-0.1, -0.05) is 24.3 Å². The number of benzene rings is 1. The molecular weight excluding hydrogens is 278 g/mol. The lowest BCUT2D eigenvalue weighted by molar-refractivity contribution is -0.689. The van der Waals surface area contributed by atoms with Crippen LogP contribution in [0.2, 0.25) is 0 Å². The Labute approximate surface area is 129 Å². The van der Waals surface area contributed by atoms with Crippen LogP contribution in [0.25, 0.3) is 11.3 Å². The number of quaternary nitrogens is 1. The van der Waals surface area contributed by atoms with E-state index in [1.54, 1.807) is 13.2 Å². The first-order valence-electron chi connectivity index (χ1n) is 7.43. The van der Waals surface area contributed by atoms with Gasteiger partial charge in [0.25, 0.3) is 0 Å². The normalized spacial score (nSPS) is 12.5. The SMILES string of the molecule is C[C@H](O)c1ccc(-c2ccc(C[NH2+]Cc3ccco3)o2)cc1. The van der Waals surface area contributed by atoms with Crippen LogP contribution in [0.15, 0.2) is 63.6 Å². The van der Waals surface area contributed by atoms with Crippen LogP contribution < -0.4 is 5.32 Å². The molecule has 3 aromatic rings. The summed E-state index contributed by atoms with van der Waals surface area (Å²) in [4.78, 5) is 0. The van der Waals surface area contributed by atoms with E-state index in [1.807, 2.05) is 48.5 Å². The lowest BCUT2D eigenvalue weighted by Gasteiger charge is -2.04. The summed E-state index contributed by atoms with van der Waals surface area (Å²) in [6.45, 7) is 3.33. The fourth-order valence-corrected chi connectivity index (χ4v) is 2.35. The van der Waals surface area contributed by atoms with Gasteiger partial charge in [-0.25, -0.2) is 0 Å². The molecule has 0 radical (unpaired) electrons. The van der Waals surface area contributed by atoms with E-state index in [0.29, 0.717) is 0 Å². The van der Waals surface area contributed by atoms with Crippen molar-refractivity contribution >= 4 is 0 Å². The minimum Gasteiger partial charge on any atom is -0.463 e. The molecule has 0 spiro atoms. The summed E-state index contributed by atoms with van der Waals surface area (Å²) >= 11 is 0. The fourth-order valence-electron chi connectivity index (χ4n) is 2.35. The van der Waals surface area contributed by atoms with Crippen molar-refractivity contribution in [1.82, 2.24) is 0 Å². The monoisotopic (exact) mass is 298 g/mol. The Balaban J connectivity index is 1.60. The molecule has 1 atom stereocenters. The number of hydrogen-bond donors (Lipinski definition) is 2. The first-order chi connectivity index (χ1) is 10.7. The van der Waals surface area contributed by atoms with Crippen LogP contribution in [0.3, 0.4) is 0 Å². The molecule has 0 aliphatic carbocycles. The lowest BCUT2D eigenvalue weighted by Crippen LogP contribution is -2.80. The van der Waals surface area contributed by atoms with Crippen LogP contribution in [-0.2, 0) is 13.1 Å². The minimum atomic E-state index is -0.447. The number of furan rings is 2. The van der Waals surface area contributed by atoms with Crippen molar-refractivity contribution in [2.75, 3.05) is 0 Å². The van der Waals surface area contributed by atoms with Gasteiger partial charge in [0.2, 0.25) is 0 Å². The Morgan fingerprint density at radius 3 is 2.45 bits per heavy atom. The summed E-state index contributed by atoms with van der Waals surface area (Å²) in [6.07, 6.45) is 1.24. The molecule has 4 nitrogen and oxygen atoms in total. The molecule has 114 valence electrons. The third-order valence-electron chi connectivity index (χ3n) is 3.61. The van der Waals surface area contributed by atoms with E-state index in [2.05, 4.69) is 5.32 Å². The first kappa shape index (κ1) is 14.6. The van der Waals surface area contributed by atoms with Crippen LogP contribution in [-0.4, -0.2) is 5.11 Å².